The van der Waals surface area contributed by atoms with E-state index in [1.54, 1.807) is 0 Å². The summed E-state index contributed by atoms with van der Waals surface area (Å²) in [5.74, 6) is 0.766. The van der Waals surface area contributed by atoms with Gasteiger partial charge in [0, 0.05) is 22.3 Å². The van der Waals surface area contributed by atoms with Crippen molar-refractivity contribution >= 4 is 11.3 Å². The van der Waals surface area contributed by atoms with E-state index in [9.17, 15) is 0 Å². The van der Waals surface area contributed by atoms with Crippen LogP contribution in [0.2, 0.25) is 0 Å². The molecule has 1 saturated carbocycles. The lowest BCUT2D eigenvalue weighted by Crippen LogP contribution is -2.39. The van der Waals surface area contributed by atoms with Crippen molar-refractivity contribution in [3.05, 3.63) is 57.3 Å². The van der Waals surface area contributed by atoms with E-state index in [0.717, 1.165) is 12.5 Å². The number of hydrogen-bond acceptors (Lipinski definition) is 2. The summed E-state index contributed by atoms with van der Waals surface area (Å²) in [6.07, 6.45) is 2.57. The lowest BCUT2D eigenvalue weighted by atomic mass is 9.75. The predicted molar refractivity (Wildman–Crippen MR) is 82.8 cm³/mol. The minimum absolute atomic E-state index is 0.702. The normalized spacial score (nSPS) is 22.2. The number of aryl methyl sites for hydroxylation is 2. The summed E-state index contributed by atoms with van der Waals surface area (Å²) >= 11 is 1.90. The Morgan fingerprint density at radius 1 is 1.16 bits per heavy atom. The molecular weight excluding hydrogens is 250 g/mol. The molecule has 19 heavy (non-hydrogen) atoms. The van der Waals surface area contributed by atoms with Gasteiger partial charge < -0.3 is 5.32 Å². The lowest BCUT2D eigenvalue weighted by Gasteiger charge is -2.36. The molecule has 3 rings (SSSR count). The Kier molecular flexibility index (Phi) is 3.72. The Morgan fingerprint density at radius 2 is 2.00 bits per heavy atom. The van der Waals surface area contributed by atoms with E-state index >= 15 is 0 Å². The quantitative estimate of drug-likeness (QED) is 0.869. The topological polar surface area (TPSA) is 12.0 Å². The molecule has 0 aliphatic heterocycles. The third-order valence-electron chi connectivity index (χ3n) is 4.01. The molecule has 1 aliphatic rings. The van der Waals surface area contributed by atoms with Crippen molar-refractivity contribution in [2.75, 3.05) is 0 Å². The molecule has 2 aromatic rings. The molecule has 0 spiro atoms. The van der Waals surface area contributed by atoms with Crippen LogP contribution in [0.1, 0.15) is 39.6 Å². The van der Waals surface area contributed by atoms with Crippen molar-refractivity contribution in [2.45, 2.75) is 45.2 Å². The zero-order valence-electron chi connectivity index (χ0n) is 11.6. The maximum absolute atomic E-state index is 3.67. The van der Waals surface area contributed by atoms with Gasteiger partial charge in [-0.3, -0.25) is 0 Å². The molecule has 1 aromatic heterocycles. The van der Waals surface area contributed by atoms with E-state index in [0.29, 0.717) is 6.04 Å². The molecule has 1 fully saturated rings. The fourth-order valence-corrected chi connectivity index (χ4v) is 3.65. The van der Waals surface area contributed by atoms with E-state index in [1.165, 1.54) is 33.7 Å². The van der Waals surface area contributed by atoms with Gasteiger partial charge in [0.25, 0.3) is 0 Å². The molecule has 0 amide bonds. The van der Waals surface area contributed by atoms with Gasteiger partial charge in [-0.25, -0.2) is 0 Å². The Bertz CT molecular complexity index is 552. The van der Waals surface area contributed by atoms with Crippen molar-refractivity contribution in [3.8, 4) is 0 Å². The van der Waals surface area contributed by atoms with Crippen LogP contribution in [0, 0.1) is 13.8 Å². The molecule has 0 atom stereocenters. The summed E-state index contributed by atoms with van der Waals surface area (Å²) in [6.45, 7) is 5.38. The Labute approximate surface area is 119 Å². The van der Waals surface area contributed by atoms with Gasteiger partial charge >= 0.3 is 0 Å². The third kappa shape index (κ3) is 3.07. The fraction of sp³-hybridized carbons (Fsp3) is 0.412. The highest BCUT2D eigenvalue weighted by molar-refractivity contribution is 7.11. The molecule has 0 unspecified atom stereocenters. The van der Waals surface area contributed by atoms with E-state index in [1.807, 2.05) is 11.3 Å². The number of nitrogens with one attached hydrogen (secondary N) is 1. The largest absolute Gasteiger partial charge is 0.309 e. The molecule has 0 bridgehead atoms. The van der Waals surface area contributed by atoms with Gasteiger partial charge in [0.15, 0.2) is 0 Å². The molecule has 1 aliphatic carbocycles. The average molecular weight is 271 g/mol. The summed E-state index contributed by atoms with van der Waals surface area (Å²) in [6, 6.07) is 14.1. The van der Waals surface area contributed by atoms with E-state index < -0.39 is 0 Å². The predicted octanol–water partition coefficient (Wildman–Crippen LogP) is 4.40. The smallest absolute Gasteiger partial charge is 0.0302 e. The molecule has 1 nitrogen and oxygen atoms in total. The van der Waals surface area contributed by atoms with Crippen LogP contribution in [-0.2, 0) is 6.54 Å². The van der Waals surface area contributed by atoms with Gasteiger partial charge in [0.2, 0.25) is 0 Å². The first-order valence-electron chi connectivity index (χ1n) is 7.06. The molecular formula is C17H21NS. The van der Waals surface area contributed by atoms with E-state index in [2.05, 4.69) is 55.6 Å². The van der Waals surface area contributed by atoms with Crippen LogP contribution in [0.3, 0.4) is 0 Å². The average Bonchev–Trinajstić information content (AvgIpc) is 2.73. The minimum atomic E-state index is 0.702. The highest BCUT2D eigenvalue weighted by Crippen LogP contribution is 2.37. The zero-order valence-corrected chi connectivity index (χ0v) is 12.5. The number of benzene rings is 1. The SMILES string of the molecule is Cc1cccc(C2CC(NCc3ccc(C)s3)C2)c1. The molecule has 1 N–H and O–H groups in total. The van der Waals surface area contributed by atoms with Crippen LogP contribution in [0.25, 0.3) is 0 Å². The van der Waals surface area contributed by atoms with Gasteiger partial charge in [-0.2, -0.15) is 0 Å². The standard InChI is InChI=1S/C17H21NS/c1-12-4-3-5-14(8-12)15-9-16(10-15)18-11-17-7-6-13(2)19-17/h3-8,15-16,18H,9-11H2,1-2H3. The molecule has 1 heterocycles. The van der Waals surface area contributed by atoms with Gasteiger partial charge in [0.05, 0.1) is 0 Å². The third-order valence-corrected chi connectivity index (χ3v) is 5.01. The minimum Gasteiger partial charge on any atom is -0.309 e. The molecule has 2 heteroatoms. The van der Waals surface area contributed by atoms with Crippen LogP contribution < -0.4 is 5.32 Å². The van der Waals surface area contributed by atoms with Crippen molar-refractivity contribution in [1.29, 1.82) is 0 Å². The van der Waals surface area contributed by atoms with Crippen LogP contribution in [0.4, 0.5) is 0 Å². The van der Waals surface area contributed by atoms with Gasteiger partial charge in [-0.1, -0.05) is 29.8 Å². The van der Waals surface area contributed by atoms with Crippen LogP contribution in [0.5, 0.6) is 0 Å². The van der Waals surface area contributed by atoms with Crippen LogP contribution in [-0.4, -0.2) is 6.04 Å². The Balaban J connectivity index is 1.48. The summed E-state index contributed by atoms with van der Waals surface area (Å²) < 4.78 is 0. The second-order valence-corrected chi connectivity index (χ2v) is 7.05. The second-order valence-electron chi connectivity index (χ2n) is 5.67. The van der Waals surface area contributed by atoms with Gasteiger partial charge in [-0.15, -0.1) is 11.3 Å². The Hall–Kier alpha value is -1.12. The van der Waals surface area contributed by atoms with E-state index in [4.69, 9.17) is 0 Å². The Morgan fingerprint density at radius 3 is 2.68 bits per heavy atom. The monoisotopic (exact) mass is 271 g/mol. The summed E-state index contributed by atoms with van der Waals surface area (Å²) in [4.78, 5) is 2.86. The van der Waals surface area contributed by atoms with Crippen molar-refractivity contribution in [3.63, 3.8) is 0 Å². The first kappa shape index (κ1) is 12.9. The maximum Gasteiger partial charge on any atom is 0.0302 e. The van der Waals surface area contributed by atoms with Crippen molar-refractivity contribution < 1.29 is 0 Å². The summed E-state index contributed by atoms with van der Waals surface area (Å²) in [5.41, 5.74) is 2.90. The summed E-state index contributed by atoms with van der Waals surface area (Å²) in [5, 5.41) is 3.67. The first-order valence-corrected chi connectivity index (χ1v) is 7.87. The zero-order chi connectivity index (χ0) is 13.2. The highest BCUT2D eigenvalue weighted by Gasteiger charge is 2.29. The highest BCUT2D eigenvalue weighted by atomic mass is 32.1. The lowest BCUT2D eigenvalue weighted by molar-refractivity contribution is 0.290. The second kappa shape index (κ2) is 5.48. The maximum atomic E-state index is 3.67. The van der Waals surface area contributed by atoms with Crippen molar-refractivity contribution in [2.24, 2.45) is 0 Å². The number of thiophene rings is 1. The van der Waals surface area contributed by atoms with E-state index in [-0.39, 0.29) is 0 Å². The van der Waals surface area contributed by atoms with Gasteiger partial charge in [0.1, 0.15) is 0 Å². The molecule has 0 radical (unpaired) electrons. The summed E-state index contributed by atoms with van der Waals surface area (Å²) in [7, 11) is 0. The van der Waals surface area contributed by atoms with Crippen LogP contribution in [0.15, 0.2) is 36.4 Å². The molecule has 100 valence electrons. The molecule has 0 saturated heterocycles. The van der Waals surface area contributed by atoms with Crippen molar-refractivity contribution in [1.82, 2.24) is 5.32 Å². The fourth-order valence-electron chi connectivity index (χ4n) is 2.81. The first-order chi connectivity index (χ1) is 9.20. The molecule has 1 aromatic carbocycles. The number of hydrogen-bond donors (Lipinski definition) is 1. The number of rotatable bonds is 4. The van der Waals surface area contributed by atoms with Crippen LogP contribution >= 0.6 is 11.3 Å². The van der Waals surface area contributed by atoms with Gasteiger partial charge in [-0.05, 0) is 50.3 Å².